The molecule has 0 bridgehead atoms. The zero-order valence-corrected chi connectivity index (χ0v) is 71.9. The summed E-state index contributed by atoms with van der Waals surface area (Å²) in [4.78, 5) is 89.9. The molecule has 20 nitrogen and oxygen atoms in total. The molecule has 12 aromatic carbocycles. The third-order valence-corrected chi connectivity index (χ3v) is 23.1. The number of halogens is 8. The average Bonchev–Trinajstić information content (AvgIpc) is 0.773. The number of nitrogens with zero attached hydrogens (tertiary/aromatic N) is 8. The lowest BCUT2D eigenvalue weighted by molar-refractivity contribution is -0.116. The minimum Gasteiger partial charge on any atom is -0.399 e. The third kappa shape index (κ3) is 19.6. The van der Waals surface area contributed by atoms with E-state index in [0.717, 1.165) is 149 Å². The molecule has 4 amide bonds. The fourth-order valence-electron chi connectivity index (χ4n) is 16.1. The monoisotopic (exact) mass is 1860 g/mol. The predicted molar refractivity (Wildman–Crippen MR) is 502 cm³/mol. The number of benzene rings is 12. The van der Waals surface area contributed by atoms with Crippen LogP contribution in [0.4, 0.5) is 76.8 Å². The van der Waals surface area contributed by atoms with Crippen molar-refractivity contribution < 1.29 is 49.9 Å². The molecule has 4 heterocycles. The first-order valence-corrected chi connectivity index (χ1v) is 42.9. The van der Waals surface area contributed by atoms with E-state index in [-0.39, 0.29) is 36.2 Å². The van der Waals surface area contributed by atoms with Crippen molar-refractivity contribution in [2.75, 3.05) is 44.2 Å². The Morgan fingerprint density at radius 1 is 0.282 bits per heavy atom. The van der Waals surface area contributed by atoms with E-state index in [1.807, 2.05) is 200 Å². The molecule has 12 N–H and O–H groups in total. The molecule has 4 aromatic heterocycles. The van der Waals surface area contributed by atoms with Gasteiger partial charge in [0, 0.05) is 82.0 Å². The molecular weight excluding hydrogens is 1790 g/mol. The van der Waals surface area contributed by atoms with Crippen molar-refractivity contribution in [3.8, 4) is 90.1 Å². The predicted octanol–water partition coefficient (Wildman–Crippen LogP) is 20.3. The van der Waals surface area contributed by atoms with Gasteiger partial charge in [0.25, 0.3) is 5.91 Å². The fraction of sp³-hybridized carbons (Fsp3) is 0.107. The molecule has 16 aromatic rings. The van der Waals surface area contributed by atoms with Gasteiger partial charge >= 0.3 is 0 Å². The SMILES string of the molecule is Nc1ccc2c(c1)CCc1nc(NC(=O)Cc3c(F)c(F)c(F)c(F)c3F)c(-c3ccccc3)nc1-2.Nc1ccc2c(c1)CCc1nc(NC(=O)Cc3ccc(F)c(F)c3)c(-c3ccccc3)nc1-2.Nc1ccc2c(c1)CCc1nc(NC(=O)Cc3ccc(I)cc3)c(-c3ccccc3)nc1-2.Nc1ccc2c(c1)CCc1nc(NC(=O)c3ccccc3)c(-c3ccccc3)nc1-2. The van der Waals surface area contributed by atoms with Gasteiger partial charge in [-0.25, -0.2) is 70.6 Å². The van der Waals surface area contributed by atoms with Crippen LogP contribution in [-0.4, -0.2) is 63.5 Å². The van der Waals surface area contributed by atoms with Gasteiger partial charge in [0.2, 0.25) is 23.5 Å². The van der Waals surface area contributed by atoms with Crippen LogP contribution in [0.25, 0.3) is 90.1 Å². The van der Waals surface area contributed by atoms with Gasteiger partial charge in [-0.05, 0) is 192 Å². The summed E-state index contributed by atoms with van der Waals surface area (Å²) in [7, 11) is 0. The molecule has 650 valence electrons. The molecule has 28 heteroatoms. The highest BCUT2D eigenvalue weighted by atomic mass is 127. The quantitative estimate of drug-likeness (QED) is 0.0155. The Morgan fingerprint density at radius 2 is 0.573 bits per heavy atom. The highest BCUT2D eigenvalue weighted by Gasteiger charge is 2.32. The molecule has 0 spiro atoms. The number of nitrogen functional groups attached to an aromatic ring is 4. The topological polar surface area (TPSA) is 324 Å². The molecule has 4 aliphatic carbocycles. The Hall–Kier alpha value is -15.7. The summed E-state index contributed by atoms with van der Waals surface area (Å²) in [5.41, 5.74) is 47.3. The first-order chi connectivity index (χ1) is 63.5. The lowest BCUT2D eigenvalue weighted by atomic mass is 9.91. The Kier molecular flexibility index (Phi) is 25.6. The highest BCUT2D eigenvalue weighted by molar-refractivity contribution is 14.1. The third-order valence-electron chi connectivity index (χ3n) is 22.4. The van der Waals surface area contributed by atoms with Gasteiger partial charge in [0.15, 0.2) is 58.2 Å². The number of fused-ring (bicyclic) bond motifs is 12. The van der Waals surface area contributed by atoms with Crippen molar-refractivity contribution in [1.29, 1.82) is 0 Å². The standard InChI is InChI=1S/C26H17F5N4O.C26H20F2N4O.C26H21IN4O.C25H20N4O/c27-19-16(20(28)22(30)23(31)21(19)29)11-18(36)34-26-24(12-4-2-1-3-5-12)35-25-15-8-7-14(32)10-13(15)6-9-17(25)33-26;27-20-10-6-15(12-21(20)28)13-23(33)31-26-24(16-4-2-1-3-5-16)32-25-19-9-8-18(29)14-17(19)7-11-22(25)30-26;27-19-9-6-16(7-10-19)14-23(32)30-26-24(17-4-2-1-3-5-17)31-25-21-12-11-20(28)15-18(21)8-13-22(25)29-26;26-19-12-13-20-18(15-19)11-14-21-23(20)28-22(16-7-3-1-4-8-16)24(27-21)29-25(30)17-9-5-2-6-10-17/h1-5,7-8,10H,6,9,11,32H2,(H,33,34,36);1-6,8-10,12,14H,7,11,13,29H2,(H,30,31,33);1-7,9-12,15H,8,13-14,28H2,(H,29,30,32);1-10,12-13,15H,11,14,26H2,(H,27,29,30). The van der Waals surface area contributed by atoms with Crippen LogP contribution in [0.2, 0.25) is 0 Å². The lowest BCUT2D eigenvalue weighted by Crippen LogP contribution is -2.21. The molecule has 0 radical (unpaired) electrons. The number of aryl methyl sites for hydroxylation is 8. The first-order valence-electron chi connectivity index (χ1n) is 41.8. The van der Waals surface area contributed by atoms with E-state index in [1.54, 1.807) is 48.5 Å². The Labute approximate surface area is 760 Å². The van der Waals surface area contributed by atoms with Gasteiger partial charge in [0.05, 0.1) is 64.8 Å². The molecule has 4 aliphatic rings. The molecule has 20 rings (SSSR count). The molecule has 0 saturated carbocycles. The van der Waals surface area contributed by atoms with Crippen LogP contribution in [0.5, 0.6) is 0 Å². The van der Waals surface area contributed by atoms with Gasteiger partial charge in [-0.3, -0.25) is 19.2 Å². The van der Waals surface area contributed by atoms with Crippen molar-refractivity contribution >= 4 is 92.2 Å². The van der Waals surface area contributed by atoms with Crippen molar-refractivity contribution in [3.05, 3.63) is 378 Å². The summed E-state index contributed by atoms with van der Waals surface area (Å²) in [6.07, 6.45) is 4.84. The highest BCUT2D eigenvalue weighted by Crippen LogP contribution is 2.43. The van der Waals surface area contributed by atoms with E-state index in [1.165, 1.54) is 17.2 Å². The van der Waals surface area contributed by atoms with Gasteiger partial charge in [-0.15, -0.1) is 0 Å². The number of aromatic nitrogens is 8. The van der Waals surface area contributed by atoms with Crippen molar-refractivity contribution in [2.24, 2.45) is 0 Å². The molecule has 0 aliphatic heterocycles. The number of hydrogen-bond acceptors (Lipinski definition) is 16. The second kappa shape index (κ2) is 38.5. The molecule has 0 fully saturated rings. The Balaban J connectivity index is 0.000000122. The number of rotatable bonds is 15. The fourth-order valence-corrected chi connectivity index (χ4v) is 16.4. The van der Waals surface area contributed by atoms with Gasteiger partial charge in [0.1, 0.15) is 22.8 Å². The number of amides is 4. The van der Waals surface area contributed by atoms with Crippen LogP contribution < -0.4 is 44.2 Å². The van der Waals surface area contributed by atoms with E-state index in [9.17, 15) is 49.9 Å². The first kappa shape index (κ1) is 87.4. The van der Waals surface area contributed by atoms with Crippen LogP contribution >= 0.6 is 22.6 Å². The zero-order valence-electron chi connectivity index (χ0n) is 69.7. The van der Waals surface area contributed by atoms with E-state index in [0.29, 0.717) is 93.3 Å². The van der Waals surface area contributed by atoms with E-state index < -0.39 is 64.5 Å². The number of hydrogen-bond donors (Lipinski definition) is 8. The van der Waals surface area contributed by atoms with Crippen LogP contribution in [0.1, 0.15) is 72.1 Å². The van der Waals surface area contributed by atoms with Crippen LogP contribution in [0.15, 0.2) is 267 Å². The van der Waals surface area contributed by atoms with Crippen molar-refractivity contribution in [3.63, 3.8) is 0 Å². The minimum atomic E-state index is -2.29. The molecule has 131 heavy (non-hydrogen) atoms. The summed E-state index contributed by atoms with van der Waals surface area (Å²) in [5.74, 6) is -13.0. The zero-order chi connectivity index (χ0) is 91.1. The van der Waals surface area contributed by atoms with Gasteiger partial charge < -0.3 is 44.2 Å². The number of anilines is 8. The van der Waals surface area contributed by atoms with Crippen LogP contribution in [0.3, 0.4) is 0 Å². The largest absolute Gasteiger partial charge is 0.399 e. The van der Waals surface area contributed by atoms with E-state index in [2.05, 4.69) is 48.8 Å². The number of nitrogens with one attached hydrogen (secondary N) is 4. The normalized spacial score (nSPS) is 12.1. The Morgan fingerprint density at radius 3 is 0.901 bits per heavy atom. The maximum atomic E-state index is 14.1. The summed E-state index contributed by atoms with van der Waals surface area (Å²) >= 11 is 2.26. The van der Waals surface area contributed by atoms with E-state index >= 15 is 0 Å². The summed E-state index contributed by atoms with van der Waals surface area (Å²) in [6, 6.07) is 81.4. The maximum absolute atomic E-state index is 14.1. The summed E-state index contributed by atoms with van der Waals surface area (Å²) in [6.45, 7) is 0. The smallest absolute Gasteiger partial charge is 0.256 e. The Bertz CT molecular complexity index is 7110. The number of carbonyl (C=O) groups excluding carboxylic acids is 4. The van der Waals surface area contributed by atoms with Crippen molar-refractivity contribution in [1.82, 2.24) is 39.9 Å². The maximum Gasteiger partial charge on any atom is 0.256 e. The van der Waals surface area contributed by atoms with E-state index in [4.69, 9.17) is 57.8 Å². The van der Waals surface area contributed by atoms with Crippen LogP contribution in [0, 0.1) is 44.3 Å². The molecular formula is C103H78F7IN16O4. The van der Waals surface area contributed by atoms with Crippen LogP contribution in [-0.2, 0) is 85.0 Å². The average molecular weight is 1860 g/mol. The molecule has 0 saturated heterocycles. The van der Waals surface area contributed by atoms with Crippen molar-refractivity contribution in [2.45, 2.75) is 70.6 Å². The number of carbonyl (C=O) groups is 4. The molecule has 0 unspecified atom stereocenters. The second-order valence-corrected chi connectivity index (χ2v) is 32.7. The lowest BCUT2D eigenvalue weighted by Gasteiger charge is -2.21. The van der Waals surface area contributed by atoms with Gasteiger partial charge in [-0.1, -0.05) is 182 Å². The number of nitrogens with two attached hydrogens (primary N) is 4. The summed E-state index contributed by atoms with van der Waals surface area (Å²) in [5, 5.41) is 11.3. The minimum absolute atomic E-state index is 0.00715. The second-order valence-electron chi connectivity index (χ2n) is 31.4. The molecule has 0 atom stereocenters. The van der Waals surface area contributed by atoms with Gasteiger partial charge in [-0.2, -0.15) is 0 Å². The summed E-state index contributed by atoms with van der Waals surface area (Å²) < 4.78 is 96.6.